The summed E-state index contributed by atoms with van der Waals surface area (Å²) in [6.07, 6.45) is 0.989. The first-order valence-electron chi connectivity index (χ1n) is 9.61. The molecule has 10 nitrogen and oxygen atoms in total. The van der Waals surface area contributed by atoms with E-state index in [1.807, 2.05) is 0 Å². The Morgan fingerprint density at radius 1 is 1.13 bits per heavy atom. The highest BCUT2D eigenvalue weighted by Crippen LogP contribution is 2.28. The highest BCUT2D eigenvalue weighted by atomic mass is 16.5. The maximum atomic E-state index is 12.6. The number of methoxy groups -OCH3 is 1. The topological polar surface area (TPSA) is 142 Å². The summed E-state index contributed by atoms with van der Waals surface area (Å²) < 4.78 is 10.7. The number of nitrogens with one attached hydrogen (secondary N) is 1. The van der Waals surface area contributed by atoms with Crippen LogP contribution in [0.4, 0.5) is 0 Å². The molecule has 1 saturated carbocycles. The average Bonchev–Trinajstić information content (AvgIpc) is 3.54. The third-order valence-electron chi connectivity index (χ3n) is 4.59. The van der Waals surface area contributed by atoms with E-state index in [4.69, 9.17) is 19.7 Å². The molecule has 2 rings (SSSR count). The first-order chi connectivity index (χ1) is 14.3. The van der Waals surface area contributed by atoms with Crippen molar-refractivity contribution >= 4 is 23.8 Å². The van der Waals surface area contributed by atoms with Gasteiger partial charge in [0, 0.05) is 25.4 Å². The summed E-state index contributed by atoms with van der Waals surface area (Å²) in [6, 6.07) is 5.69. The Morgan fingerprint density at radius 2 is 1.80 bits per heavy atom. The summed E-state index contributed by atoms with van der Waals surface area (Å²) in [7, 11) is 1.50. The molecular weight excluding hydrogens is 396 g/mol. The summed E-state index contributed by atoms with van der Waals surface area (Å²) >= 11 is 0. The zero-order valence-corrected chi connectivity index (χ0v) is 16.7. The van der Waals surface area contributed by atoms with Crippen LogP contribution in [-0.4, -0.2) is 71.2 Å². The van der Waals surface area contributed by atoms with Gasteiger partial charge in [0.05, 0.1) is 7.11 Å². The molecule has 1 fully saturated rings. The fourth-order valence-electron chi connectivity index (χ4n) is 2.87. The number of carboxylic acids is 2. The van der Waals surface area contributed by atoms with E-state index >= 15 is 0 Å². The van der Waals surface area contributed by atoms with Crippen molar-refractivity contribution in [3.63, 3.8) is 0 Å². The van der Waals surface area contributed by atoms with Crippen LogP contribution < -0.4 is 14.8 Å². The standard InChI is InChI=1S/C20H26N2O8/c1-29-15-4-2-3-5-16(15)30-12-18(24)22(13-6-7-13)11-10-17(23)21-14(20(27)28)8-9-19(25)26/h2-5,13-14H,6-12H2,1H3,(H,21,23)(H,25,26)(H,27,28). The Morgan fingerprint density at radius 3 is 2.37 bits per heavy atom. The minimum absolute atomic E-state index is 0.0360. The Labute approximate surface area is 173 Å². The highest BCUT2D eigenvalue weighted by Gasteiger charge is 2.33. The molecule has 3 N–H and O–H groups in total. The second kappa shape index (κ2) is 11.0. The van der Waals surface area contributed by atoms with Gasteiger partial charge in [0.15, 0.2) is 18.1 Å². The summed E-state index contributed by atoms with van der Waals surface area (Å²) in [6.45, 7) is -0.0925. The van der Waals surface area contributed by atoms with E-state index in [9.17, 15) is 19.2 Å². The minimum Gasteiger partial charge on any atom is -0.493 e. The van der Waals surface area contributed by atoms with Crippen LogP contribution in [0.1, 0.15) is 32.1 Å². The quantitative estimate of drug-likeness (QED) is 0.425. The second-order valence-electron chi connectivity index (χ2n) is 6.90. The average molecular weight is 422 g/mol. The van der Waals surface area contributed by atoms with Gasteiger partial charge in [-0.25, -0.2) is 4.79 Å². The molecule has 1 aliphatic carbocycles. The van der Waals surface area contributed by atoms with E-state index in [1.54, 1.807) is 29.2 Å². The Hall–Kier alpha value is -3.30. The number of ether oxygens (including phenoxy) is 2. The van der Waals surface area contributed by atoms with Gasteiger partial charge in [0.2, 0.25) is 5.91 Å². The molecule has 0 radical (unpaired) electrons. The first-order valence-corrected chi connectivity index (χ1v) is 9.61. The molecule has 1 unspecified atom stereocenters. The lowest BCUT2D eigenvalue weighted by molar-refractivity contribution is -0.143. The van der Waals surface area contributed by atoms with Crippen LogP contribution in [0.25, 0.3) is 0 Å². The van der Waals surface area contributed by atoms with Gasteiger partial charge in [-0.05, 0) is 31.4 Å². The fraction of sp³-hybridized carbons (Fsp3) is 0.500. The fourth-order valence-corrected chi connectivity index (χ4v) is 2.87. The number of nitrogens with zero attached hydrogens (tertiary/aromatic N) is 1. The van der Waals surface area contributed by atoms with E-state index in [1.165, 1.54) is 7.11 Å². The number of rotatable bonds is 13. The lowest BCUT2D eigenvalue weighted by atomic mass is 10.1. The number of carbonyl (C=O) groups is 4. The number of para-hydroxylation sites is 2. The maximum Gasteiger partial charge on any atom is 0.326 e. The molecule has 0 aliphatic heterocycles. The van der Waals surface area contributed by atoms with Crippen molar-refractivity contribution in [3.05, 3.63) is 24.3 Å². The smallest absolute Gasteiger partial charge is 0.326 e. The molecule has 0 bridgehead atoms. The van der Waals surface area contributed by atoms with Crippen LogP contribution >= 0.6 is 0 Å². The molecule has 1 atom stereocenters. The van der Waals surface area contributed by atoms with E-state index in [0.29, 0.717) is 11.5 Å². The second-order valence-corrected chi connectivity index (χ2v) is 6.90. The van der Waals surface area contributed by atoms with Gasteiger partial charge < -0.3 is 29.9 Å². The molecular formula is C20H26N2O8. The lowest BCUT2D eigenvalue weighted by Crippen LogP contribution is -2.44. The van der Waals surface area contributed by atoms with Gasteiger partial charge in [-0.3, -0.25) is 14.4 Å². The first kappa shape index (κ1) is 23.0. The van der Waals surface area contributed by atoms with Crippen molar-refractivity contribution in [1.82, 2.24) is 10.2 Å². The maximum absolute atomic E-state index is 12.6. The van der Waals surface area contributed by atoms with Gasteiger partial charge in [-0.2, -0.15) is 0 Å². The summed E-state index contributed by atoms with van der Waals surface area (Å²) in [5, 5.41) is 20.1. The molecule has 2 amide bonds. The van der Waals surface area contributed by atoms with Crippen LogP contribution in [0, 0.1) is 0 Å². The molecule has 30 heavy (non-hydrogen) atoms. The van der Waals surface area contributed by atoms with Crippen LogP contribution in [0.2, 0.25) is 0 Å². The summed E-state index contributed by atoms with van der Waals surface area (Å²) in [5.74, 6) is -2.34. The largest absolute Gasteiger partial charge is 0.493 e. The third kappa shape index (κ3) is 7.26. The van der Waals surface area contributed by atoms with Crippen LogP contribution in [0.3, 0.4) is 0 Å². The van der Waals surface area contributed by atoms with Crippen molar-refractivity contribution < 1.29 is 38.9 Å². The predicted octanol–water partition coefficient (Wildman–Crippen LogP) is 0.889. The molecule has 164 valence electrons. The molecule has 0 saturated heterocycles. The zero-order chi connectivity index (χ0) is 22.1. The van der Waals surface area contributed by atoms with Gasteiger partial charge in [-0.15, -0.1) is 0 Å². The summed E-state index contributed by atoms with van der Waals surface area (Å²) in [5.41, 5.74) is 0. The lowest BCUT2D eigenvalue weighted by Gasteiger charge is -2.23. The van der Waals surface area contributed by atoms with Gasteiger partial charge in [-0.1, -0.05) is 12.1 Å². The number of carboxylic acid groups (broad SMARTS) is 2. The van der Waals surface area contributed by atoms with Crippen LogP contribution in [0.5, 0.6) is 11.5 Å². The third-order valence-corrected chi connectivity index (χ3v) is 4.59. The number of amides is 2. The molecule has 0 heterocycles. The Kier molecular flexibility index (Phi) is 8.45. The Bertz CT molecular complexity index is 778. The molecule has 1 aliphatic rings. The van der Waals surface area contributed by atoms with E-state index < -0.39 is 23.9 Å². The monoisotopic (exact) mass is 422 g/mol. The number of benzene rings is 1. The van der Waals surface area contributed by atoms with Gasteiger partial charge in [0.25, 0.3) is 5.91 Å². The highest BCUT2D eigenvalue weighted by molar-refractivity contribution is 5.84. The number of carbonyl (C=O) groups excluding carboxylic acids is 2. The molecule has 1 aromatic rings. The van der Waals surface area contributed by atoms with Crippen molar-refractivity contribution in [2.24, 2.45) is 0 Å². The molecule has 10 heteroatoms. The Balaban J connectivity index is 1.86. The van der Waals surface area contributed by atoms with Crippen LogP contribution in [-0.2, 0) is 19.2 Å². The SMILES string of the molecule is COc1ccccc1OCC(=O)N(CCC(=O)NC(CCC(=O)O)C(=O)O)C1CC1. The van der Waals surface area contributed by atoms with Crippen LogP contribution in [0.15, 0.2) is 24.3 Å². The van der Waals surface area contributed by atoms with Gasteiger partial charge >= 0.3 is 11.9 Å². The van der Waals surface area contributed by atoms with E-state index in [0.717, 1.165) is 12.8 Å². The minimum atomic E-state index is -1.30. The summed E-state index contributed by atoms with van der Waals surface area (Å²) in [4.78, 5) is 48.1. The van der Waals surface area contributed by atoms with Crippen molar-refractivity contribution in [2.75, 3.05) is 20.3 Å². The van der Waals surface area contributed by atoms with Crippen molar-refractivity contribution in [1.29, 1.82) is 0 Å². The van der Waals surface area contributed by atoms with E-state index in [2.05, 4.69) is 5.32 Å². The van der Waals surface area contributed by atoms with Crippen molar-refractivity contribution in [2.45, 2.75) is 44.2 Å². The van der Waals surface area contributed by atoms with E-state index in [-0.39, 0.29) is 44.4 Å². The zero-order valence-electron chi connectivity index (χ0n) is 16.7. The molecule has 1 aromatic carbocycles. The normalized spacial score (nSPS) is 13.8. The molecule has 0 aromatic heterocycles. The predicted molar refractivity (Wildman–Crippen MR) is 104 cm³/mol. The van der Waals surface area contributed by atoms with Gasteiger partial charge in [0.1, 0.15) is 6.04 Å². The number of hydrogen-bond donors (Lipinski definition) is 3. The molecule has 0 spiro atoms. The number of aliphatic carboxylic acids is 2. The number of hydrogen-bond acceptors (Lipinski definition) is 6. The van der Waals surface area contributed by atoms with Crippen molar-refractivity contribution in [3.8, 4) is 11.5 Å².